The van der Waals surface area contributed by atoms with Crippen molar-refractivity contribution >= 4 is 27.1 Å². The second kappa shape index (κ2) is 7.32. The third kappa shape index (κ3) is 4.06. The molecular formula is C19H18O7S. The minimum atomic E-state index is -3.70. The van der Waals surface area contributed by atoms with Crippen LogP contribution in [0.4, 0.5) is 0 Å². The minimum Gasteiger partial charge on any atom is -0.497 e. The first-order chi connectivity index (χ1) is 12.8. The number of esters is 1. The molecule has 0 aliphatic carbocycles. The molecule has 1 aromatic heterocycles. The standard InChI is InChI=1S/C19H18O7S/c1-4-24-19(20)17-15-11-14(26-27(3,21)22)9-10-16(15)25-18(17)12-5-7-13(23-2)8-6-12/h5-11H,4H2,1-3H3. The fourth-order valence-electron chi connectivity index (χ4n) is 2.65. The Morgan fingerprint density at radius 3 is 2.33 bits per heavy atom. The third-order valence-electron chi connectivity index (χ3n) is 3.74. The zero-order valence-corrected chi connectivity index (χ0v) is 15.8. The molecule has 0 aliphatic rings. The maximum Gasteiger partial charge on any atom is 0.342 e. The predicted octanol–water partition coefficient (Wildman–Crippen LogP) is 3.62. The van der Waals surface area contributed by atoms with Crippen molar-refractivity contribution in [2.24, 2.45) is 0 Å². The van der Waals surface area contributed by atoms with Crippen molar-refractivity contribution in [3.8, 4) is 22.8 Å². The van der Waals surface area contributed by atoms with Gasteiger partial charge in [-0.3, -0.25) is 0 Å². The fourth-order valence-corrected chi connectivity index (χ4v) is 3.11. The van der Waals surface area contributed by atoms with Gasteiger partial charge in [0.25, 0.3) is 0 Å². The van der Waals surface area contributed by atoms with Gasteiger partial charge >= 0.3 is 16.1 Å². The Bertz CT molecular complexity index is 1080. The number of furan rings is 1. The summed E-state index contributed by atoms with van der Waals surface area (Å²) in [5.41, 5.74) is 1.27. The van der Waals surface area contributed by atoms with Crippen molar-refractivity contribution in [3.05, 3.63) is 48.0 Å². The normalized spacial score (nSPS) is 11.4. The van der Waals surface area contributed by atoms with E-state index in [1.165, 1.54) is 12.1 Å². The van der Waals surface area contributed by atoms with E-state index < -0.39 is 16.1 Å². The number of rotatable bonds is 6. The summed E-state index contributed by atoms with van der Waals surface area (Å²) >= 11 is 0. The van der Waals surface area contributed by atoms with E-state index in [9.17, 15) is 13.2 Å². The minimum absolute atomic E-state index is 0.0811. The summed E-state index contributed by atoms with van der Waals surface area (Å²) in [6, 6.07) is 11.5. The Hall–Kier alpha value is -3.00. The molecule has 0 atom stereocenters. The van der Waals surface area contributed by atoms with Gasteiger partial charge in [0.05, 0.1) is 20.0 Å². The Labute approximate surface area is 156 Å². The second-order valence-electron chi connectivity index (χ2n) is 5.70. The van der Waals surface area contributed by atoms with Crippen LogP contribution in [0.15, 0.2) is 46.9 Å². The number of hydrogen-bond donors (Lipinski definition) is 0. The van der Waals surface area contributed by atoms with Crippen LogP contribution in [0.25, 0.3) is 22.3 Å². The van der Waals surface area contributed by atoms with Gasteiger partial charge in [0.1, 0.15) is 28.4 Å². The quantitative estimate of drug-likeness (QED) is 0.469. The molecule has 0 saturated carbocycles. The SMILES string of the molecule is CCOC(=O)c1c(-c2ccc(OC)cc2)oc2ccc(OS(C)(=O)=O)cc12. The van der Waals surface area contributed by atoms with Crippen LogP contribution in [0, 0.1) is 0 Å². The molecule has 0 N–H and O–H groups in total. The smallest absolute Gasteiger partial charge is 0.342 e. The number of benzene rings is 2. The molecule has 3 rings (SSSR count). The predicted molar refractivity (Wildman–Crippen MR) is 99.6 cm³/mol. The molecule has 0 unspecified atom stereocenters. The van der Waals surface area contributed by atoms with Crippen molar-refractivity contribution in [3.63, 3.8) is 0 Å². The molecule has 142 valence electrons. The lowest BCUT2D eigenvalue weighted by atomic mass is 10.1. The Morgan fingerprint density at radius 1 is 1.07 bits per heavy atom. The highest BCUT2D eigenvalue weighted by molar-refractivity contribution is 7.86. The average molecular weight is 390 g/mol. The van der Waals surface area contributed by atoms with Gasteiger partial charge in [-0.1, -0.05) is 0 Å². The molecule has 0 radical (unpaired) electrons. The lowest BCUT2D eigenvalue weighted by molar-refractivity contribution is 0.0528. The zero-order chi connectivity index (χ0) is 19.6. The van der Waals surface area contributed by atoms with Crippen LogP contribution in [-0.2, 0) is 14.9 Å². The fraction of sp³-hybridized carbons (Fsp3) is 0.211. The van der Waals surface area contributed by atoms with E-state index in [1.54, 1.807) is 44.4 Å². The highest BCUT2D eigenvalue weighted by atomic mass is 32.2. The molecule has 7 nitrogen and oxygen atoms in total. The van der Waals surface area contributed by atoms with Gasteiger partial charge < -0.3 is 18.1 Å². The summed E-state index contributed by atoms with van der Waals surface area (Å²) in [4.78, 5) is 12.6. The number of carbonyl (C=O) groups excluding carboxylic acids is 1. The Kier molecular flexibility index (Phi) is 5.09. The molecule has 0 aliphatic heterocycles. The molecule has 0 bridgehead atoms. The summed E-state index contributed by atoms with van der Waals surface area (Å²) in [5, 5.41) is 0.403. The van der Waals surface area contributed by atoms with Crippen LogP contribution >= 0.6 is 0 Å². The number of methoxy groups -OCH3 is 1. The number of carbonyl (C=O) groups is 1. The van der Waals surface area contributed by atoms with Crippen LogP contribution in [-0.4, -0.2) is 34.4 Å². The van der Waals surface area contributed by atoms with Gasteiger partial charge in [-0.2, -0.15) is 8.42 Å². The van der Waals surface area contributed by atoms with E-state index in [4.69, 9.17) is 18.1 Å². The van der Waals surface area contributed by atoms with Crippen LogP contribution in [0.2, 0.25) is 0 Å². The van der Waals surface area contributed by atoms with Crippen molar-refractivity contribution in [2.45, 2.75) is 6.92 Å². The molecule has 27 heavy (non-hydrogen) atoms. The van der Waals surface area contributed by atoms with E-state index >= 15 is 0 Å². The van der Waals surface area contributed by atoms with Gasteiger partial charge in [-0.25, -0.2) is 4.79 Å². The van der Waals surface area contributed by atoms with E-state index in [1.807, 2.05) is 0 Å². The molecule has 8 heteroatoms. The molecule has 0 saturated heterocycles. The van der Waals surface area contributed by atoms with Crippen LogP contribution in [0.5, 0.6) is 11.5 Å². The van der Waals surface area contributed by atoms with E-state index in [-0.39, 0.29) is 17.9 Å². The summed E-state index contributed by atoms with van der Waals surface area (Å²) in [7, 11) is -2.14. The molecule has 0 spiro atoms. The first-order valence-electron chi connectivity index (χ1n) is 8.10. The lowest BCUT2D eigenvalue weighted by Crippen LogP contribution is -2.06. The molecular weight excluding hydrogens is 372 g/mol. The lowest BCUT2D eigenvalue weighted by Gasteiger charge is -2.05. The van der Waals surface area contributed by atoms with E-state index in [2.05, 4.69) is 0 Å². The van der Waals surface area contributed by atoms with E-state index in [0.29, 0.717) is 28.0 Å². The van der Waals surface area contributed by atoms with Crippen LogP contribution < -0.4 is 8.92 Å². The highest BCUT2D eigenvalue weighted by Gasteiger charge is 2.24. The van der Waals surface area contributed by atoms with Gasteiger partial charge in [0, 0.05) is 10.9 Å². The maximum absolute atomic E-state index is 12.6. The second-order valence-corrected chi connectivity index (χ2v) is 7.28. The van der Waals surface area contributed by atoms with Crippen molar-refractivity contribution in [2.75, 3.05) is 20.0 Å². The monoisotopic (exact) mass is 390 g/mol. The summed E-state index contributed by atoms with van der Waals surface area (Å²) < 4.78 is 43.9. The van der Waals surface area contributed by atoms with Crippen LogP contribution in [0.1, 0.15) is 17.3 Å². The van der Waals surface area contributed by atoms with E-state index in [0.717, 1.165) is 6.26 Å². The molecule has 1 heterocycles. The average Bonchev–Trinajstić information content (AvgIpc) is 2.99. The summed E-state index contributed by atoms with van der Waals surface area (Å²) in [6.45, 7) is 1.89. The van der Waals surface area contributed by atoms with Crippen molar-refractivity contribution in [1.29, 1.82) is 0 Å². The number of ether oxygens (including phenoxy) is 2. The summed E-state index contributed by atoms with van der Waals surface area (Å²) in [6.07, 6.45) is 0.946. The molecule has 0 amide bonds. The molecule has 0 fully saturated rings. The highest BCUT2D eigenvalue weighted by Crippen LogP contribution is 2.36. The van der Waals surface area contributed by atoms with Crippen molar-refractivity contribution < 1.29 is 31.3 Å². The zero-order valence-electron chi connectivity index (χ0n) is 15.0. The topological polar surface area (TPSA) is 92.0 Å². The number of fused-ring (bicyclic) bond motifs is 1. The Morgan fingerprint density at radius 2 is 1.74 bits per heavy atom. The largest absolute Gasteiger partial charge is 0.497 e. The molecule has 3 aromatic rings. The van der Waals surface area contributed by atoms with Gasteiger partial charge in [0.15, 0.2) is 0 Å². The Balaban J connectivity index is 2.19. The van der Waals surface area contributed by atoms with Crippen molar-refractivity contribution in [1.82, 2.24) is 0 Å². The maximum atomic E-state index is 12.6. The van der Waals surface area contributed by atoms with Crippen LogP contribution in [0.3, 0.4) is 0 Å². The van der Waals surface area contributed by atoms with Gasteiger partial charge in [-0.05, 0) is 49.4 Å². The summed E-state index contributed by atoms with van der Waals surface area (Å²) in [5.74, 6) is 0.496. The number of hydrogen-bond acceptors (Lipinski definition) is 7. The van der Waals surface area contributed by atoms with Gasteiger partial charge in [0.2, 0.25) is 0 Å². The van der Waals surface area contributed by atoms with Gasteiger partial charge in [-0.15, -0.1) is 0 Å². The molecule has 2 aromatic carbocycles. The first-order valence-corrected chi connectivity index (χ1v) is 9.91. The third-order valence-corrected chi connectivity index (χ3v) is 4.23. The first kappa shape index (κ1) is 18.8.